The lowest BCUT2D eigenvalue weighted by atomic mass is 10.1. The number of benzene rings is 1. The lowest BCUT2D eigenvalue weighted by Gasteiger charge is -2.03. The van der Waals surface area contributed by atoms with Crippen LogP contribution in [-0.2, 0) is 4.74 Å². The molecule has 0 amide bonds. The van der Waals surface area contributed by atoms with Crippen LogP contribution >= 0.6 is 0 Å². The average molecular weight is 266 g/mol. The van der Waals surface area contributed by atoms with Crippen molar-refractivity contribution in [3.8, 4) is 0 Å². The number of aromatic nitrogens is 1. The van der Waals surface area contributed by atoms with Crippen LogP contribution in [0.2, 0.25) is 0 Å². The van der Waals surface area contributed by atoms with Crippen LogP contribution in [0.1, 0.15) is 10.5 Å². The fourth-order valence-electron chi connectivity index (χ4n) is 1.63. The number of hydrogen-bond donors (Lipinski definition) is 1. The number of pyridine rings is 1. The second kappa shape index (κ2) is 4.48. The van der Waals surface area contributed by atoms with E-state index in [9.17, 15) is 24.1 Å². The molecule has 19 heavy (non-hydrogen) atoms. The SMILES string of the molecule is COC(=O)c1cc(=O)c2ccc([N+](=O)[O-])c(F)c2[nH]1. The fourth-order valence-corrected chi connectivity index (χ4v) is 1.63. The molecular weight excluding hydrogens is 259 g/mol. The molecule has 0 spiro atoms. The Labute approximate surface area is 104 Å². The van der Waals surface area contributed by atoms with E-state index in [0.717, 1.165) is 25.3 Å². The van der Waals surface area contributed by atoms with Crippen LogP contribution < -0.4 is 5.43 Å². The molecule has 0 radical (unpaired) electrons. The lowest BCUT2D eigenvalue weighted by Crippen LogP contribution is -2.12. The van der Waals surface area contributed by atoms with Crippen molar-refractivity contribution in [2.45, 2.75) is 0 Å². The number of methoxy groups -OCH3 is 1. The highest BCUT2D eigenvalue weighted by Crippen LogP contribution is 2.23. The van der Waals surface area contributed by atoms with Crippen LogP contribution in [0.15, 0.2) is 23.0 Å². The molecule has 7 nitrogen and oxygen atoms in total. The molecule has 1 aromatic carbocycles. The van der Waals surface area contributed by atoms with Crippen LogP contribution in [0.5, 0.6) is 0 Å². The Morgan fingerprint density at radius 2 is 2.16 bits per heavy atom. The second-order valence-corrected chi connectivity index (χ2v) is 3.62. The number of esters is 1. The quantitative estimate of drug-likeness (QED) is 0.502. The number of hydrogen-bond acceptors (Lipinski definition) is 5. The van der Waals surface area contributed by atoms with Gasteiger partial charge in [-0.05, 0) is 6.07 Å². The van der Waals surface area contributed by atoms with Gasteiger partial charge in [-0.25, -0.2) is 4.79 Å². The van der Waals surface area contributed by atoms with Crippen LogP contribution in [0.25, 0.3) is 10.9 Å². The highest BCUT2D eigenvalue weighted by atomic mass is 19.1. The van der Waals surface area contributed by atoms with Crippen molar-refractivity contribution in [3.05, 3.63) is 50.0 Å². The lowest BCUT2D eigenvalue weighted by molar-refractivity contribution is -0.387. The zero-order valence-electron chi connectivity index (χ0n) is 9.60. The number of carbonyl (C=O) groups excluding carboxylic acids is 1. The summed E-state index contributed by atoms with van der Waals surface area (Å²) in [5.74, 6) is -2.07. The van der Waals surface area contributed by atoms with E-state index < -0.39 is 33.3 Å². The number of halogens is 1. The molecule has 0 saturated heterocycles. The maximum absolute atomic E-state index is 13.9. The van der Waals surface area contributed by atoms with Gasteiger partial charge < -0.3 is 9.72 Å². The Balaban J connectivity index is 2.84. The standard InChI is InChI=1S/C11H7FN2O5/c1-19-11(16)6-4-8(15)5-2-3-7(14(17)18)9(12)10(5)13-6/h2-4H,1H3,(H,13,15). The predicted octanol–water partition coefficient (Wildman–Crippen LogP) is 1.36. The van der Waals surface area contributed by atoms with Crippen molar-refractivity contribution in [3.63, 3.8) is 0 Å². The number of aromatic amines is 1. The molecule has 8 heteroatoms. The smallest absolute Gasteiger partial charge is 0.354 e. The molecule has 98 valence electrons. The molecule has 2 rings (SSSR count). The molecule has 0 aliphatic rings. The van der Waals surface area contributed by atoms with E-state index in [4.69, 9.17) is 0 Å². The summed E-state index contributed by atoms with van der Waals surface area (Å²) in [5, 5.41) is 10.5. The van der Waals surface area contributed by atoms with Gasteiger partial charge in [0, 0.05) is 17.5 Å². The predicted molar refractivity (Wildman–Crippen MR) is 62.5 cm³/mol. The first-order chi connectivity index (χ1) is 8.95. The number of fused-ring (bicyclic) bond motifs is 1. The van der Waals surface area contributed by atoms with E-state index in [0.29, 0.717) is 0 Å². The minimum Gasteiger partial charge on any atom is -0.464 e. The van der Waals surface area contributed by atoms with E-state index in [-0.39, 0.29) is 11.1 Å². The van der Waals surface area contributed by atoms with Gasteiger partial charge in [0.25, 0.3) is 0 Å². The summed E-state index contributed by atoms with van der Waals surface area (Å²) in [6.07, 6.45) is 0. The number of nitro groups is 1. The summed E-state index contributed by atoms with van der Waals surface area (Å²) in [4.78, 5) is 35.0. The second-order valence-electron chi connectivity index (χ2n) is 3.62. The van der Waals surface area contributed by atoms with Gasteiger partial charge in [-0.1, -0.05) is 0 Å². The van der Waals surface area contributed by atoms with Crippen molar-refractivity contribution in [1.29, 1.82) is 0 Å². The van der Waals surface area contributed by atoms with Gasteiger partial charge in [0.05, 0.1) is 17.5 Å². The summed E-state index contributed by atoms with van der Waals surface area (Å²) in [5.41, 5.74) is -2.10. The molecule has 0 atom stereocenters. The fraction of sp³-hybridized carbons (Fsp3) is 0.0909. The first kappa shape index (κ1) is 12.7. The van der Waals surface area contributed by atoms with Crippen LogP contribution in [-0.4, -0.2) is 23.0 Å². The molecule has 0 bridgehead atoms. The van der Waals surface area contributed by atoms with Crippen LogP contribution in [0.4, 0.5) is 10.1 Å². The van der Waals surface area contributed by atoms with Gasteiger partial charge in [0.1, 0.15) is 5.69 Å². The molecular formula is C11H7FN2O5. The third-order valence-corrected chi connectivity index (χ3v) is 2.52. The minimum atomic E-state index is -1.20. The van der Waals surface area contributed by atoms with Crippen molar-refractivity contribution < 1.29 is 18.8 Å². The number of carbonyl (C=O) groups is 1. The zero-order valence-corrected chi connectivity index (χ0v) is 9.60. The number of ether oxygens (including phenoxy) is 1. The van der Waals surface area contributed by atoms with E-state index in [1.165, 1.54) is 0 Å². The summed E-state index contributed by atoms with van der Waals surface area (Å²) < 4.78 is 18.3. The number of nitrogens with zero attached hydrogens (tertiary/aromatic N) is 1. The number of nitrogens with one attached hydrogen (secondary N) is 1. The Morgan fingerprint density at radius 3 is 2.74 bits per heavy atom. The van der Waals surface area contributed by atoms with Crippen molar-refractivity contribution in [2.24, 2.45) is 0 Å². The van der Waals surface area contributed by atoms with E-state index >= 15 is 0 Å². The normalized spacial score (nSPS) is 10.4. The molecule has 0 saturated carbocycles. The maximum Gasteiger partial charge on any atom is 0.354 e. The zero-order chi connectivity index (χ0) is 14.2. The summed E-state index contributed by atoms with van der Waals surface area (Å²) in [6.45, 7) is 0. The molecule has 2 aromatic rings. The Hall–Kier alpha value is -2.77. The van der Waals surface area contributed by atoms with Crippen molar-refractivity contribution >= 4 is 22.6 Å². The molecule has 0 aliphatic heterocycles. The first-order valence-electron chi connectivity index (χ1n) is 5.04. The molecule has 0 aliphatic carbocycles. The van der Waals surface area contributed by atoms with Gasteiger partial charge in [-0.15, -0.1) is 0 Å². The van der Waals surface area contributed by atoms with Gasteiger partial charge in [0.15, 0.2) is 5.43 Å². The Bertz CT molecular complexity index is 753. The number of nitro benzene ring substituents is 1. The molecule has 0 fully saturated rings. The van der Waals surface area contributed by atoms with Crippen LogP contribution in [0.3, 0.4) is 0 Å². The average Bonchev–Trinajstić information content (AvgIpc) is 2.38. The van der Waals surface area contributed by atoms with Gasteiger partial charge in [-0.3, -0.25) is 14.9 Å². The summed E-state index contributed by atoms with van der Waals surface area (Å²) >= 11 is 0. The first-order valence-corrected chi connectivity index (χ1v) is 5.04. The Kier molecular flexibility index (Phi) is 2.99. The highest BCUT2D eigenvalue weighted by Gasteiger charge is 2.20. The topological polar surface area (TPSA) is 102 Å². The maximum atomic E-state index is 13.9. The van der Waals surface area contributed by atoms with E-state index in [1.54, 1.807) is 0 Å². The van der Waals surface area contributed by atoms with Gasteiger partial charge >= 0.3 is 11.7 Å². The van der Waals surface area contributed by atoms with Gasteiger partial charge in [-0.2, -0.15) is 4.39 Å². The van der Waals surface area contributed by atoms with E-state index in [2.05, 4.69) is 9.72 Å². The number of H-pyrrole nitrogens is 1. The molecule has 1 heterocycles. The monoisotopic (exact) mass is 266 g/mol. The summed E-state index contributed by atoms with van der Waals surface area (Å²) in [6, 6.07) is 2.96. The van der Waals surface area contributed by atoms with Crippen molar-refractivity contribution in [2.75, 3.05) is 7.11 Å². The minimum absolute atomic E-state index is 0.0873. The van der Waals surface area contributed by atoms with Crippen molar-refractivity contribution in [1.82, 2.24) is 4.98 Å². The third-order valence-electron chi connectivity index (χ3n) is 2.52. The van der Waals surface area contributed by atoms with Crippen LogP contribution in [0, 0.1) is 15.9 Å². The largest absolute Gasteiger partial charge is 0.464 e. The Morgan fingerprint density at radius 1 is 1.47 bits per heavy atom. The van der Waals surface area contributed by atoms with Gasteiger partial charge in [0.2, 0.25) is 5.82 Å². The molecule has 1 N–H and O–H groups in total. The molecule has 0 unspecified atom stereocenters. The highest BCUT2D eigenvalue weighted by molar-refractivity contribution is 5.91. The third kappa shape index (κ3) is 2.03. The summed E-state index contributed by atoms with van der Waals surface area (Å²) in [7, 11) is 1.09. The molecule has 1 aromatic heterocycles. The number of rotatable bonds is 2. The van der Waals surface area contributed by atoms with E-state index in [1.807, 2.05) is 0 Å².